The van der Waals surface area contributed by atoms with E-state index in [9.17, 15) is 4.79 Å². The van der Waals surface area contributed by atoms with E-state index in [2.05, 4.69) is 10.2 Å². The molecule has 4 heteroatoms. The number of aromatic amines is 1. The van der Waals surface area contributed by atoms with E-state index < -0.39 is 0 Å². The minimum Gasteiger partial charge on any atom is -0.465 e. The first-order valence-corrected chi connectivity index (χ1v) is 5.90. The van der Waals surface area contributed by atoms with Gasteiger partial charge in [0.05, 0.1) is 18.9 Å². The number of benzene rings is 2. The highest BCUT2D eigenvalue weighted by Crippen LogP contribution is 2.31. The van der Waals surface area contributed by atoms with E-state index >= 15 is 0 Å². The van der Waals surface area contributed by atoms with Crippen molar-refractivity contribution in [2.24, 2.45) is 0 Å². The van der Waals surface area contributed by atoms with Gasteiger partial charge in [-0.1, -0.05) is 30.3 Å². The maximum absolute atomic E-state index is 11.9. The predicted molar refractivity (Wildman–Crippen MR) is 72.9 cm³/mol. The number of hydrogen-bond acceptors (Lipinski definition) is 3. The summed E-state index contributed by atoms with van der Waals surface area (Å²) in [6.07, 6.45) is 3.55. The molecule has 0 unspecified atom stereocenters. The number of carbonyl (C=O) groups is 1. The van der Waals surface area contributed by atoms with Crippen LogP contribution in [0.15, 0.2) is 48.8 Å². The molecule has 0 aliphatic rings. The van der Waals surface area contributed by atoms with Gasteiger partial charge in [-0.3, -0.25) is 5.10 Å². The van der Waals surface area contributed by atoms with Crippen molar-refractivity contribution in [1.82, 2.24) is 10.2 Å². The van der Waals surface area contributed by atoms with Gasteiger partial charge in [-0.25, -0.2) is 4.79 Å². The average Bonchev–Trinajstić information content (AvgIpc) is 2.99. The Morgan fingerprint density at radius 2 is 2.00 bits per heavy atom. The molecule has 0 aliphatic heterocycles. The summed E-state index contributed by atoms with van der Waals surface area (Å²) in [6.45, 7) is 0. The molecule has 2 aromatic carbocycles. The number of aromatic nitrogens is 2. The van der Waals surface area contributed by atoms with Crippen molar-refractivity contribution in [3.05, 3.63) is 54.4 Å². The Labute approximate surface area is 110 Å². The van der Waals surface area contributed by atoms with E-state index in [1.807, 2.05) is 36.5 Å². The SMILES string of the molecule is COC(=O)c1cccc2cccc(-c3cn[nH]c3)c12. The van der Waals surface area contributed by atoms with Crippen LogP contribution in [0.4, 0.5) is 0 Å². The van der Waals surface area contributed by atoms with Gasteiger partial charge < -0.3 is 4.74 Å². The molecule has 19 heavy (non-hydrogen) atoms. The van der Waals surface area contributed by atoms with Crippen LogP contribution in [0, 0.1) is 0 Å². The zero-order valence-electron chi connectivity index (χ0n) is 10.4. The van der Waals surface area contributed by atoms with Gasteiger partial charge in [0.1, 0.15) is 0 Å². The predicted octanol–water partition coefficient (Wildman–Crippen LogP) is 3.02. The van der Waals surface area contributed by atoms with Gasteiger partial charge in [0.15, 0.2) is 0 Å². The molecule has 4 nitrogen and oxygen atoms in total. The number of nitrogens with zero attached hydrogens (tertiary/aromatic N) is 1. The highest BCUT2D eigenvalue weighted by atomic mass is 16.5. The zero-order valence-corrected chi connectivity index (χ0v) is 10.4. The fourth-order valence-corrected chi connectivity index (χ4v) is 2.26. The average molecular weight is 252 g/mol. The van der Waals surface area contributed by atoms with E-state index in [0.29, 0.717) is 5.56 Å². The van der Waals surface area contributed by atoms with E-state index in [4.69, 9.17) is 4.74 Å². The number of H-pyrrole nitrogens is 1. The summed E-state index contributed by atoms with van der Waals surface area (Å²) in [5.41, 5.74) is 2.48. The second kappa shape index (κ2) is 4.57. The third-order valence-corrected chi connectivity index (χ3v) is 3.12. The van der Waals surface area contributed by atoms with Gasteiger partial charge in [-0.05, 0) is 17.0 Å². The molecule has 0 radical (unpaired) electrons. The number of nitrogens with one attached hydrogen (secondary N) is 1. The number of fused-ring (bicyclic) bond motifs is 1. The molecule has 1 N–H and O–H groups in total. The molecule has 0 saturated carbocycles. The van der Waals surface area contributed by atoms with Gasteiger partial charge in [0.25, 0.3) is 0 Å². The number of carbonyl (C=O) groups excluding carboxylic acids is 1. The molecule has 1 aromatic heterocycles. The van der Waals surface area contributed by atoms with Crippen LogP contribution in [0.2, 0.25) is 0 Å². The van der Waals surface area contributed by atoms with Crippen molar-refractivity contribution in [2.75, 3.05) is 7.11 Å². The maximum atomic E-state index is 11.9. The maximum Gasteiger partial charge on any atom is 0.338 e. The Morgan fingerprint density at radius 1 is 1.21 bits per heavy atom. The fraction of sp³-hybridized carbons (Fsp3) is 0.0667. The Morgan fingerprint density at radius 3 is 2.68 bits per heavy atom. The zero-order chi connectivity index (χ0) is 13.2. The van der Waals surface area contributed by atoms with Gasteiger partial charge in [0.2, 0.25) is 0 Å². The van der Waals surface area contributed by atoms with Crippen molar-refractivity contribution in [2.45, 2.75) is 0 Å². The van der Waals surface area contributed by atoms with Gasteiger partial charge in [-0.2, -0.15) is 5.10 Å². The Kier molecular flexibility index (Phi) is 2.76. The molecule has 3 aromatic rings. The number of rotatable bonds is 2. The Balaban J connectivity index is 2.37. The molecule has 94 valence electrons. The lowest BCUT2D eigenvalue weighted by Crippen LogP contribution is -2.02. The van der Waals surface area contributed by atoms with Crippen molar-refractivity contribution < 1.29 is 9.53 Å². The van der Waals surface area contributed by atoms with Crippen LogP contribution in [0.5, 0.6) is 0 Å². The van der Waals surface area contributed by atoms with Crippen molar-refractivity contribution in [3.8, 4) is 11.1 Å². The summed E-state index contributed by atoms with van der Waals surface area (Å²) in [7, 11) is 1.39. The minimum absolute atomic E-state index is 0.332. The van der Waals surface area contributed by atoms with Crippen molar-refractivity contribution in [3.63, 3.8) is 0 Å². The van der Waals surface area contributed by atoms with Gasteiger partial charge in [0, 0.05) is 17.1 Å². The Bertz CT molecular complexity index is 728. The number of hydrogen-bond donors (Lipinski definition) is 1. The quantitative estimate of drug-likeness (QED) is 0.713. The lowest BCUT2D eigenvalue weighted by molar-refractivity contribution is 0.0603. The topological polar surface area (TPSA) is 55.0 Å². The number of ether oxygens (including phenoxy) is 1. The van der Waals surface area contributed by atoms with E-state index in [1.54, 1.807) is 12.3 Å². The monoisotopic (exact) mass is 252 g/mol. The van der Waals surface area contributed by atoms with E-state index in [0.717, 1.165) is 21.9 Å². The molecule has 0 spiro atoms. The lowest BCUT2D eigenvalue weighted by atomic mass is 9.96. The Hall–Kier alpha value is -2.62. The fourth-order valence-electron chi connectivity index (χ4n) is 2.26. The normalized spacial score (nSPS) is 10.6. The minimum atomic E-state index is -0.332. The second-order valence-electron chi connectivity index (χ2n) is 4.19. The summed E-state index contributed by atoms with van der Waals surface area (Å²) in [5.74, 6) is -0.332. The van der Waals surface area contributed by atoms with Crippen LogP contribution in [0.3, 0.4) is 0 Å². The number of methoxy groups -OCH3 is 1. The molecule has 0 fully saturated rings. The van der Waals surface area contributed by atoms with Crippen LogP contribution in [0.1, 0.15) is 10.4 Å². The molecule has 0 saturated heterocycles. The molecule has 0 aliphatic carbocycles. The van der Waals surface area contributed by atoms with Crippen LogP contribution < -0.4 is 0 Å². The van der Waals surface area contributed by atoms with E-state index in [-0.39, 0.29) is 5.97 Å². The molecular formula is C15H12N2O2. The standard InChI is InChI=1S/C15H12N2O2/c1-19-15(18)13-7-3-5-10-4-2-6-12(14(10)13)11-8-16-17-9-11/h2-9H,1H3,(H,16,17). The first-order chi connectivity index (χ1) is 9.31. The molecule has 0 atom stereocenters. The van der Waals surface area contributed by atoms with Gasteiger partial charge in [-0.15, -0.1) is 0 Å². The number of esters is 1. The van der Waals surface area contributed by atoms with Crippen molar-refractivity contribution in [1.29, 1.82) is 0 Å². The highest BCUT2D eigenvalue weighted by Gasteiger charge is 2.14. The van der Waals surface area contributed by atoms with Crippen LogP contribution in [-0.4, -0.2) is 23.3 Å². The van der Waals surface area contributed by atoms with E-state index in [1.165, 1.54) is 7.11 Å². The lowest BCUT2D eigenvalue weighted by Gasteiger charge is -2.09. The van der Waals surface area contributed by atoms with Gasteiger partial charge >= 0.3 is 5.97 Å². The first-order valence-electron chi connectivity index (χ1n) is 5.90. The van der Waals surface area contributed by atoms with Crippen LogP contribution in [0.25, 0.3) is 21.9 Å². The van der Waals surface area contributed by atoms with Crippen LogP contribution >= 0.6 is 0 Å². The highest BCUT2D eigenvalue weighted by molar-refractivity contribution is 6.10. The summed E-state index contributed by atoms with van der Waals surface area (Å²) in [6, 6.07) is 11.5. The van der Waals surface area contributed by atoms with Crippen LogP contribution in [-0.2, 0) is 4.74 Å². The molecule has 1 heterocycles. The molecule has 0 bridgehead atoms. The third-order valence-electron chi connectivity index (χ3n) is 3.12. The first kappa shape index (κ1) is 11.5. The summed E-state index contributed by atoms with van der Waals surface area (Å²) in [4.78, 5) is 11.9. The second-order valence-corrected chi connectivity index (χ2v) is 4.19. The van der Waals surface area contributed by atoms with Crippen molar-refractivity contribution >= 4 is 16.7 Å². The largest absolute Gasteiger partial charge is 0.465 e. The summed E-state index contributed by atoms with van der Waals surface area (Å²) in [5, 5.41) is 8.64. The summed E-state index contributed by atoms with van der Waals surface area (Å²) >= 11 is 0. The smallest absolute Gasteiger partial charge is 0.338 e. The molecular weight excluding hydrogens is 240 g/mol. The molecule has 3 rings (SSSR count). The summed E-state index contributed by atoms with van der Waals surface area (Å²) < 4.78 is 4.85. The third kappa shape index (κ3) is 1.87. The molecule has 0 amide bonds.